The molecule has 0 unspecified atom stereocenters. The minimum Gasteiger partial charge on any atom is -0.450 e. The third kappa shape index (κ3) is 17.8. The van der Waals surface area contributed by atoms with Crippen LogP contribution in [0.3, 0.4) is 0 Å². The summed E-state index contributed by atoms with van der Waals surface area (Å²) in [6, 6.07) is 12.7. The first-order valence-electron chi connectivity index (χ1n) is 19.3. The van der Waals surface area contributed by atoms with Crippen LogP contribution >= 0.6 is 15.9 Å². The molecule has 3 aromatic rings. The van der Waals surface area contributed by atoms with E-state index in [-0.39, 0.29) is 18.2 Å². The van der Waals surface area contributed by atoms with Crippen LogP contribution in [0.4, 0.5) is 9.59 Å². The van der Waals surface area contributed by atoms with E-state index >= 15 is 0 Å². The summed E-state index contributed by atoms with van der Waals surface area (Å²) in [4.78, 5) is 39.2. The normalized spacial score (nSPS) is 16.5. The van der Waals surface area contributed by atoms with Gasteiger partial charge in [0.25, 0.3) is 0 Å². The number of amides is 2. The van der Waals surface area contributed by atoms with Crippen LogP contribution in [0.15, 0.2) is 59.6 Å². The largest absolute Gasteiger partial charge is 0.450 e. The first-order chi connectivity index (χ1) is 25.6. The molecule has 0 aromatic carbocycles. The topological polar surface area (TPSA) is 136 Å². The van der Waals surface area contributed by atoms with Gasteiger partial charge in [0.2, 0.25) is 0 Å². The molecular formula is C41H62BrN7O4. The van der Waals surface area contributed by atoms with Crippen molar-refractivity contribution in [3.05, 3.63) is 87.7 Å². The van der Waals surface area contributed by atoms with Gasteiger partial charge in [0.05, 0.1) is 13.2 Å². The summed E-state index contributed by atoms with van der Waals surface area (Å²) >= 11 is 3.23. The number of carbonyl (C=O) groups is 2. The van der Waals surface area contributed by atoms with Gasteiger partial charge in [-0.15, -0.1) is 0 Å². The van der Waals surface area contributed by atoms with Crippen LogP contribution in [0.5, 0.6) is 0 Å². The molecule has 3 saturated heterocycles. The fourth-order valence-electron chi connectivity index (χ4n) is 6.20. The van der Waals surface area contributed by atoms with Crippen LogP contribution in [-0.4, -0.2) is 95.5 Å². The molecule has 6 heterocycles. The zero-order chi connectivity index (χ0) is 38.4. The van der Waals surface area contributed by atoms with Gasteiger partial charge in [-0.05, 0) is 162 Å². The Balaban J connectivity index is 0.000000198. The summed E-state index contributed by atoms with van der Waals surface area (Å²) in [5.41, 5.74) is 11.7. The summed E-state index contributed by atoms with van der Waals surface area (Å²) in [7, 11) is 0. The summed E-state index contributed by atoms with van der Waals surface area (Å²) in [6.07, 6.45) is 14.0. The quantitative estimate of drug-likeness (QED) is 0.244. The van der Waals surface area contributed by atoms with Gasteiger partial charge in [-0.2, -0.15) is 0 Å². The molecule has 0 saturated carbocycles. The summed E-state index contributed by atoms with van der Waals surface area (Å²) in [5.74, 6) is 1.47. The Labute approximate surface area is 326 Å². The van der Waals surface area contributed by atoms with E-state index < -0.39 is 0 Å². The number of likely N-dealkylation sites (tertiary alicyclic amines) is 2. The molecule has 3 fully saturated rings. The van der Waals surface area contributed by atoms with E-state index in [1.807, 2.05) is 56.4 Å². The fourth-order valence-corrected chi connectivity index (χ4v) is 6.43. The lowest BCUT2D eigenvalue weighted by atomic mass is 9.92. The molecule has 53 heavy (non-hydrogen) atoms. The van der Waals surface area contributed by atoms with Gasteiger partial charge in [-0.25, -0.2) is 14.6 Å². The maximum atomic E-state index is 11.6. The van der Waals surface area contributed by atoms with Crippen molar-refractivity contribution in [3.8, 4) is 0 Å². The fraction of sp³-hybridized carbons (Fsp3) is 0.585. The van der Waals surface area contributed by atoms with Gasteiger partial charge in [0.1, 0.15) is 4.60 Å². The van der Waals surface area contributed by atoms with Crippen LogP contribution < -0.4 is 11.1 Å². The number of hydrogen-bond acceptors (Lipinski definition) is 9. The molecule has 3 N–H and O–H groups in total. The Morgan fingerprint density at radius 1 is 0.679 bits per heavy atom. The summed E-state index contributed by atoms with van der Waals surface area (Å²) in [5, 5.41) is 3.39. The van der Waals surface area contributed by atoms with Crippen LogP contribution in [0.2, 0.25) is 0 Å². The van der Waals surface area contributed by atoms with Crippen LogP contribution in [0.25, 0.3) is 0 Å². The number of pyridine rings is 3. The maximum absolute atomic E-state index is 11.6. The molecular weight excluding hydrogens is 734 g/mol. The predicted molar refractivity (Wildman–Crippen MR) is 215 cm³/mol. The predicted octanol–water partition coefficient (Wildman–Crippen LogP) is 7.45. The standard InChI is InChI=1S/C15H22N2O2.C12H18N2.C8H16N2O2.C6H6BrN/c1-3-19-15(18)17-8-6-13(7-9-17)10-14-5-4-12(2)11-16-14;1-10-2-3-12(14-9-10)8-11-4-6-13-7-5-11;1-2-12-8(11)10-5-3-7(9)4-6-10;1-5-2-3-6(7)8-4-5/h4-5,11,13H,3,6-10H2,1-2H3;2-3,9,11,13H,4-8H2,1H3;7H,2-6,9H2,1H3;2-4H,1H3. The number of nitrogens with zero attached hydrogens (tertiary/aromatic N) is 5. The molecule has 2 amide bonds. The number of nitrogens with two attached hydrogens (primary N) is 1. The molecule has 0 bridgehead atoms. The molecule has 6 rings (SSSR count). The highest BCUT2D eigenvalue weighted by atomic mass is 79.9. The van der Waals surface area contributed by atoms with E-state index in [1.54, 1.807) is 4.90 Å². The van der Waals surface area contributed by atoms with E-state index in [0.717, 1.165) is 80.9 Å². The second kappa shape index (κ2) is 24.7. The number of hydrogen-bond donors (Lipinski definition) is 2. The van der Waals surface area contributed by atoms with Crippen molar-refractivity contribution in [2.45, 2.75) is 92.0 Å². The molecule has 292 valence electrons. The number of aryl methyl sites for hydroxylation is 3. The van der Waals surface area contributed by atoms with E-state index in [1.165, 1.54) is 48.3 Å². The lowest BCUT2D eigenvalue weighted by Gasteiger charge is -2.31. The highest BCUT2D eigenvalue weighted by molar-refractivity contribution is 9.10. The van der Waals surface area contributed by atoms with Crippen molar-refractivity contribution in [2.24, 2.45) is 17.6 Å². The molecule has 3 aliphatic heterocycles. The Morgan fingerprint density at radius 3 is 1.47 bits per heavy atom. The lowest BCUT2D eigenvalue weighted by molar-refractivity contribution is 0.0916. The van der Waals surface area contributed by atoms with Gasteiger partial charge in [-0.1, -0.05) is 18.2 Å². The van der Waals surface area contributed by atoms with Crippen molar-refractivity contribution in [1.82, 2.24) is 30.1 Å². The van der Waals surface area contributed by atoms with Crippen molar-refractivity contribution in [3.63, 3.8) is 0 Å². The highest BCUT2D eigenvalue weighted by Crippen LogP contribution is 2.22. The highest BCUT2D eigenvalue weighted by Gasteiger charge is 2.24. The number of rotatable bonds is 6. The monoisotopic (exact) mass is 795 g/mol. The van der Waals surface area contributed by atoms with E-state index in [0.29, 0.717) is 19.1 Å². The number of ether oxygens (including phenoxy) is 2. The van der Waals surface area contributed by atoms with Gasteiger partial charge in [0, 0.05) is 62.2 Å². The molecule has 12 heteroatoms. The Hall–Kier alpha value is -3.61. The average molecular weight is 797 g/mol. The Morgan fingerprint density at radius 2 is 1.09 bits per heavy atom. The number of piperidine rings is 3. The van der Waals surface area contributed by atoms with Crippen molar-refractivity contribution in [1.29, 1.82) is 0 Å². The first kappa shape index (κ1) is 43.8. The number of halogens is 1. The zero-order valence-corrected chi connectivity index (χ0v) is 34.2. The minimum atomic E-state index is -0.204. The van der Waals surface area contributed by atoms with Crippen molar-refractivity contribution < 1.29 is 19.1 Å². The van der Waals surface area contributed by atoms with Crippen LogP contribution in [0.1, 0.15) is 80.5 Å². The third-order valence-electron chi connectivity index (χ3n) is 9.48. The SMILES string of the molecule is CCOC(=O)N1CCC(Cc2ccc(C)cn2)CC1.CCOC(=O)N1CCC(N)CC1.Cc1ccc(Br)nc1.Cc1ccc(CC2CCNCC2)nc1. The maximum Gasteiger partial charge on any atom is 0.409 e. The number of carbonyl (C=O) groups excluding carboxylic acids is 2. The van der Waals surface area contributed by atoms with E-state index in [4.69, 9.17) is 15.2 Å². The van der Waals surface area contributed by atoms with Crippen LogP contribution in [0, 0.1) is 32.6 Å². The molecule has 0 atom stereocenters. The number of aromatic nitrogens is 3. The summed E-state index contributed by atoms with van der Waals surface area (Å²) in [6.45, 7) is 16.1. The Bertz CT molecular complexity index is 1420. The average Bonchev–Trinajstić information content (AvgIpc) is 3.17. The molecule has 0 aliphatic carbocycles. The van der Waals surface area contributed by atoms with Gasteiger partial charge in [-0.3, -0.25) is 9.97 Å². The van der Waals surface area contributed by atoms with Gasteiger partial charge >= 0.3 is 12.2 Å². The third-order valence-corrected chi connectivity index (χ3v) is 9.95. The van der Waals surface area contributed by atoms with Crippen molar-refractivity contribution >= 4 is 28.1 Å². The van der Waals surface area contributed by atoms with Crippen LogP contribution in [-0.2, 0) is 22.3 Å². The second-order valence-electron chi connectivity index (χ2n) is 14.1. The van der Waals surface area contributed by atoms with Gasteiger partial charge < -0.3 is 30.3 Å². The van der Waals surface area contributed by atoms with Gasteiger partial charge in [0.15, 0.2) is 0 Å². The molecule has 0 spiro atoms. The minimum absolute atomic E-state index is 0.172. The molecule has 3 aliphatic rings. The first-order valence-corrected chi connectivity index (χ1v) is 20.1. The zero-order valence-electron chi connectivity index (χ0n) is 32.6. The molecule has 0 radical (unpaired) electrons. The van der Waals surface area contributed by atoms with Crippen molar-refractivity contribution in [2.75, 3.05) is 52.5 Å². The Kier molecular flexibility index (Phi) is 20.4. The van der Waals surface area contributed by atoms with E-state index in [2.05, 4.69) is 74.3 Å². The molecule has 11 nitrogen and oxygen atoms in total. The number of nitrogens with one attached hydrogen (secondary N) is 1. The lowest BCUT2D eigenvalue weighted by Crippen LogP contribution is -2.43. The molecule has 3 aromatic heterocycles. The summed E-state index contributed by atoms with van der Waals surface area (Å²) < 4.78 is 10.8. The van der Waals surface area contributed by atoms with E-state index in [9.17, 15) is 9.59 Å². The second-order valence-corrected chi connectivity index (χ2v) is 14.9. The smallest absolute Gasteiger partial charge is 0.409 e.